The third kappa shape index (κ3) is 3.52. The fraction of sp³-hybridized carbons (Fsp3) is 0.714. The number of nitrogens with one attached hydrogen (secondary N) is 2. The maximum absolute atomic E-state index is 12.0. The van der Waals surface area contributed by atoms with Crippen molar-refractivity contribution in [3.05, 3.63) is 21.6 Å². The number of piperidine rings is 1. The van der Waals surface area contributed by atoms with E-state index in [2.05, 4.69) is 22.7 Å². The van der Waals surface area contributed by atoms with Crippen LogP contribution in [0.5, 0.6) is 0 Å². The largest absolute Gasteiger partial charge is 0.382 e. The molecular formula is C14H23ClN4O. The van der Waals surface area contributed by atoms with E-state index in [0.29, 0.717) is 12.2 Å². The summed E-state index contributed by atoms with van der Waals surface area (Å²) in [4.78, 5) is 12.0. The highest BCUT2D eigenvalue weighted by Crippen LogP contribution is 2.28. The van der Waals surface area contributed by atoms with Crippen molar-refractivity contribution in [2.75, 3.05) is 25.0 Å². The molecule has 1 saturated heterocycles. The minimum Gasteiger partial charge on any atom is -0.382 e. The van der Waals surface area contributed by atoms with Crippen molar-refractivity contribution in [1.82, 2.24) is 15.1 Å². The van der Waals surface area contributed by atoms with Crippen LogP contribution in [0.25, 0.3) is 0 Å². The fourth-order valence-corrected chi connectivity index (χ4v) is 2.69. The molecule has 1 aliphatic heterocycles. The third-order valence-corrected chi connectivity index (χ3v) is 4.30. The highest BCUT2D eigenvalue weighted by atomic mass is 35.5. The Morgan fingerprint density at radius 2 is 2.20 bits per heavy atom. The lowest BCUT2D eigenvalue weighted by Crippen LogP contribution is -2.39. The van der Waals surface area contributed by atoms with Crippen molar-refractivity contribution in [3.63, 3.8) is 0 Å². The average Bonchev–Trinajstić information content (AvgIpc) is 2.44. The van der Waals surface area contributed by atoms with Crippen molar-refractivity contribution in [1.29, 1.82) is 0 Å². The van der Waals surface area contributed by atoms with Gasteiger partial charge in [0.15, 0.2) is 0 Å². The first-order valence-electron chi connectivity index (χ1n) is 7.26. The van der Waals surface area contributed by atoms with Crippen molar-refractivity contribution in [2.24, 2.45) is 5.41 Å². The van der Waals surface area contributed by atoms with Gasteiger partial charge in [-0.05, 0) is 37.8 Å². The Kier molecular flexibility index (Phi) is 5.05. The second-order valence-corrected chi connectivity index (χ2v) is 6.19. The second-order valence-electron chi connectivity index (χ2n) is 5.81. The molecule has 0 bridgehead atoms. The van der Waals surface area contributed by atoms with Crippen molar-refractivity contribution in [3.8, 4) is 0 Å². The van der Waals surface area contributed by atoms with E-state index in [4.69, 9.17) is 11.6 Å². The summed E-state index contributed by atoms with van der Waals surface area (Å²) in [6.45, 7) is 7.77. The molecule has 0 saturated carbocycles. The number of anilines is 1. The quantitative estimate of drug-likeness (QED) is 0.874. The van der Waals surface area contributed by atoms with Gasteiger partial charge in [-0.3, -0.25) is 4.79 Å². The van der Waals surface area contributed by atoms with Gasteiger partial charge in [-0.15, -0.1) is 0 Å². The van der Waals surface area contributed by atoms with Gasteiger partial charge < -0.3 is 10.6 Å². The minimum atomic E-state index is -0.214. The highest BCUT2D eigenvalue weighted by Gasteiger charge is 2.26. The Bertz CT molecular complexity index is 508. The molecule has 1 aliphatic rings. The summed E-state index contributed by atoms with van der Waals surface area (Å²) in [5.41, 5.74) is 0.671. The third-order valence-electron chi connectivity index (χ3n) is 3.94. The first-order chi connectivity index (χ1) is 9.56. The molecule has 1 aromatic heterocycles. The zero-order valence-corrected chi connectivity index (χ0v) is 13.0. The van der Waals surface area contributed by atoms with Gasteiger partial charge in [0.2, 0.25) is 0 Å². The van der Waals surface area contributed by atoms with Crippen LogP contribution in [-0.2, 0) is 6.54 Å². The van der Waals surface area contributed by atoms with Gasteiger partial charge in [0.05, 0.1) is 11.9 Å². The molecule has 6 heteroatoms. The van der Waals surface area contributed by atoms with E-state index in [0.717, 1.165) is 38.9 Å². The van der Waals surface area contributed by atoms with E-state index in [1.165, 1.54) is 4.68 Å². The average molecular weight is 299 g/mol. The first-order valence-corrected chi connectivity index (χ1v) is 7.64. The number of nitrogens with zero attached hydrogens (tertiary/aromatic N) is 2. The summed E-state index contributed by atoms with van der Waals surface area (Å²) in [5, 5.41) is 11.1. The standard InChI is InChI=1S/C14H23ClN4O/c1-3-8-19-13(20)12(15)11(9-18-19)17-10-14(2)4-6-16-7-5-14/h9,16-17H,3-8,10H2,1-2H3. The molecule has 20 heavy (non-hydrogen) atoms. The number of halogens is 1. The van der Waals surface area contributed by atoms with Crippen LogP contribution in [0, 0.1) is 5.41 Å². The Labute approximate surface area is 124 Å². The van der Waals surface area contributed by atoms with Gasteiger partial charge in [-0.2, -0.15) is 5.10 Å². The molecular weight excluding hydrogens is 276 g/mol. The molecule has 0 unspecified atom stereocenters. The molecule has 2 N–H and O–H groups in total. The molecule has 0 spiro atoms. The molecule has 5 nitrogen and oxygen atoms in total. The second kappa shape index (κ2) is 6.59. The summed E-state index contributed by atoms with van der Waals surface area (Å²) >= 11 is 6.15. The van der Waals surface area contributed by atoms with E-state index in [1.807, 2.05) is 6.92 Å². The van der Waals surface area contributed by atoms with Crippen LogP contribution in [-0.4, -0.2) is 29.4 Å². The minimum absolute atomic E-state index is 0.214. The van der Waals surface area contributed by atoms with Crippen molar-refractivity contribution >= 4 is 17.3 Å². The number of hydrogen-bond donors (Lipinski definition) is 2. The van der Waals surface area contributed by atoms with Crippen molar-refractivity contribution < 1.29 is 0 Å². The van der Waals surface area contributed by atoms with Gasteiger partial charge in [-0.1, -0.05) is 25.4 Å². The van der Waals surface area contributed by atoms with Crippen LogP contribution in [0.2, 0.25) is 5.02 Å². The summed E-state index contributed by atoms with van der Waals surface area (Å²) in [6.07, 6.45) is 4.76. The molecule has 0 amide bonds. The van der Waals surface area contributed by atoms with Crippen LogP contribution in [0.1, 0.15) is 33.1 Å². The lowest BCUT2D eigenvalue weighted by molar-refractivity contribution is 0.247. The van der Waals surface area contributed by atoms with Gasteiger partial charge in [0, 0.05) is 13.1 Å². The molecule has 1 aromatic rings. The Balaban J connectivity index is 2.06. The van der Waals surface area contributed by atoms with E-state index < -0.39 is 0 Å². The topological polar surface area (TPSA) is 59.0 Å². The monoisotopic (exact) mass is 298 g/mol. The predicted molar refractivity (Wildman–Crippen MR) is 82.5 cm³/mol. The summed E-state index contributed by atoms with van der Waals surface area (Å²) in [6, 6.07) is 0. The lowest BCUT2D eigenvalue weighted by Gasteiger charge is -2.34. The number of aromatic nitrogens is 2. The fourth-order valence-electron chi connectivity index (χ4n) is 2.48. The maximum atomic E-state index is 12.0. The molecule has 1 fully saturated rings. The Morgan fingerprint density at radius 3 is 2.85 bits per heavy atom. The first kappa shape index (κ1) is 15.3. The van der Waals surface area contributed by atoms with E-state index in [-0.39, 0.29) is 16.0 Å². The zero-order chi connectivity index (χ0) is 14.6. The zero-order valence-electron chi connectivity index (χ0n) is 12.2. The normalized spacial score (nSPS) is 17.9. The molecule has 0 radical (unpaired) electrons. The Hall–Kier alpha value is -1.07. The number of rotatable bonds is 5. The van der Waals surface area contributed by atoms with Crippen LogP contribution >= 0.6 is 11.6 Å². The smallest absolute Gasteiger partial charge is 0.287 e. The summed E-state index contributed by atoms with van der Waals surface area (Å²) in [7, 11) is 0. The van der Waals surface area contributed by atoms with Crippen LogP contribution in [0.15, 0.2) is 11.0 Å². The predicted octanol–water partition coefficient (Wildman–Crippen LogP) is 2.11. The maximum Gasteiger partial charge on any atom is 0.287 e. The van der Waals surface area contributed by atoms with Gasteiger partial charge in [-0.25, -0.2) is 4.68 Å². The lowest BCUT2D eigenvalue weighted by atomic mass is 9.81. The molecule has 0 aromatic carbocycles. The molecule has 0 atom stereocenters. The Morgan fingerprint density at radius 1 is 1.50 bits per heavy atom. The van der Waals surface area contributed by atoms with Crippen LogP contribution in [0.4, 0.5) is 5.69 Å². The van der Waals surface area contributed by atoms with Crippen LogP contribution in [0.3, 0.4) is 0 Å². The molecule has 112 valence electrons. The van der Waals surface area contributed by atoms with E-state index in [9.17, 15) is 4.79 Å². The van der Waals surface area contributed by atoms with Gasteiger partial charge >= 0.3 is 0 Å². The highest BCUT2D eigenvalue weighted by molar-refractivity contribution is 6.32. The van der Waals surface area contributed by atoms with Gasteiger partial charge in [0.25, 0.3) is 5.56 Å². The summed E-state index contributed by atoms with van der Waals surface area (Å²) < 4.78 is 1.42. The molecule has 2 rings (SSSR count). The van der Waals surface area contributed by atoms with Gasteiger partial charge in [0.1, 0.15) is 5.02 Å². The van der Waals surface area contributed by atoms with Crippen LogP contribution < -0.4 is 16.2 Å². The number of aryl methyl sites for hydroxylation is 1. The molecule has 2 heterocycles. The molecule has 0 aliphatic carbocycles. The van der Waals surface area contributed by atoms with E-state index in [1.54, 1.807) is 6.20 Å². The summed E-state index contributed by atoms with van der Waals surface area (Å²) in [5.74, 6) is 0. The van der Waals surface area contributed by atoms with Crippen molar-refractivity contribution in [2.45, 2.75) is 39.7 Å². The number of hydrogen-bond acceptors (Lipinski definition) is 4. The van der Waals surface area contributed by atoms with E-state index >= 15 is 0 Å². The SMILES string of the molecule is CCCn1ncc(NCC2(C)CCNCC2)c(Cl)c1=O.